The molecular weight excluding hydrogens is 248 g/mol. The molecule has 0 radical (unpaired) electrons. The monoisotopic (exact) mass is 258 g/mol. The van der Waals surface area contributed by atoms with Gasteiger partial charge in [-0.2, -0.15) is 0 Å². The fourth-order valence-electron chi connectivity index (χ4n) is 1.97. The van der Waals surface area contributed by atoms with E-state index in [4.69, 9.17) is 10.0 Å². The molecule has 0 aromatic rings. The van der Waals surface area contributed by atoms with Gasteiger partial charge in [-0.25, -0.2) is 0 Å². The molecule has 0 fully saturated rings. The van der Waals surface area contributed by atoms with Crippen molar-refractivity contribution < 1.29 is 28.0 Å². The van der Waals surface area contributed by atoms with Crippen molar-refractivity contribution in [1.29, 1.82) is 0 Å². The zero-order valence-corrected chi connectivity index (χ0v) is 9.13. The molecular formula is C11H10BF3O3. The molecule has 0 aromatic heterocycles. The third kappa shape index (κ3) is 2.86. The summed E-state index contributed by atoms with van der Waals surface area (Å²) >= 11 is 0. The summed E-state index contributed by atoms with van der Waals surface area (Å²) in [5.41, 5.74) is 0.156. The van der Waals surface area contributed by atoms with E-state index in [1.807, 2.05) is 0 Å². The summed E-state index contributed by atoms with van der Waals surface area (Å²) in [6, 6.07) is 0. The van der Waals surface area contributed by atoms with Gasteiger partial charge in [0.2, 0.25) is 0 Å². The first-order valence-electron chi connectivity index (χ1n) is 5.27. The van der Waals surface area contributed by atoms with Crippen molar-refractivity contribution in [3.05, 3.63) is 47.7 Å². The quantitative estimate of drug-likeness (QED) is 0.741. The SMILES string of the molecule is OB(O)C1=CC2C(OC(F)(F)F)=CC=CC2C=C1. The van der Waals surface area contributed by atoms with Crippen LogP contribution in [-0.2, 0) is 4.74 Å². The van der Waals surface area contributed by atoms with E-state index in [-0.39, 0.29) is 17.1 Å². The molecule has 0 amide bonds. The Balaban J connectivity index is 2.24. The molecule has 7 heteroatoms. The Labute approximate surface area is 102 Å². The van der Waals surface area contributed by atoms with Gasteiger partial charge in [0, 0.05) is 11.8 Å². The number of allylic oxidation sites excluding steroid dienone is 7. The van der Waals surface area contributed by atoms with E-state index in [0.29, 0.717) is 0 Å². The summed E-state index contributed by atoms with van der Waals surface area (Å²) in [4.78, 5) is 0. The molecule has 0 bridgehead atoms. The van der Waals surface area contributed by atoms with Crippen LogP contribution >= 0.6 is 0 Å². The van der Waals surface area contributed by atoms with Crippen LogP contribution in [0, 0.1) is 11.8 Å². The molecule has 3 nitrogen and oxygen atoms in total. The Hall–Kier alpha value is -1.47. The fraction of sp³-hybridized carbons (Fsp3) is 0.273. The molecule has 0 saturated heterocycles. The van der Waals surface area contributed by atoms with Gasteiger partial charge in [-0.05, 0) is 11.5 Å². The van der Waals surface area contributed by atoms with Gasteiger partial charge in [-0.3, -0.25) is 0 Å². The predicted octanol–water partition coefficient (Wildman–Crippen LogP) is 1.72. The van der Waals surface area contributed by atoms with Crippen molar-refractivity contribution in [3.8, 4) is 0 Å². The van der Waals surface area contributed by atoms with Crippen LogP contribution in [0.1, 0.15) is 0 Å². The highest BCUT2D eigenvalue weighted by atomic mass is 19.4. The van der Waals surface area contributed by atoms with E-state index in [2.05, 4.69) is 4.74 Å². The minimum Gasteiger partial charge on any atom is -0.423 e. The summed E-state index contributed by atoms with van der Waals surface area (Å²) in [6.07, 6.45) is 4.15. The first-order valence-corrected chi connectivity index (χ1v) is 5.27. The maximum Gasteiger partial charge on any atom is 0.572 e. The fourth-order valence-corrected chi connectivity index (χ4v) is 1.97. The molecule has 2 aliphatic rings. The van der Waals surface area contributed by atoms with Crippen molar-refractivity contribution in [2.24, 2.45) is 11.8 Å². The van der Waals surface area contributed by atoms with Crippen LogP contribution in [0.3, 0.4) is 0 Å². The average Bonchev–Trinajstić information content (AvgIpc) is 2.26. The smallest absolute Gasteiger partial charge is 0.423 e. The van der Waals surface area contributed by atoms with Crippen LogP contribution in [0.4, 0.5) is 13.2 Å². The lowest BCUT2D eigenvalue weighted by Crippen LogP contribution is -2.26. The second kappa shape index (κ2) is 4.66. The number of ether oxygens (including phenoxy) is 1. The Kier molecular flexibility index (Phi) is 3.36. The third-order valence-corrected chi connectivity index (χ3v) is 2.75. The molecule has 0 saturated carbocycles. The van der Waals surface area contributed by atoms with Gasteiger partial charge in [0.05, 0.1) is 0 Å². The van der Waals surface area contributed by atoms with Gasteiger partial charge in [-0.1, -0.05) is 30.4 Å². The van der Waals surface area contributed by atoms with Gasteiger partial charge in [0.15, 0.2) is 0 Å². The van der Waals surface area contributed by atoms with E-state index in [1.54, 1.807) is 12.2 Å². The first-order chi connectivity index (χ1) is 8.37. The molecule has 96 valence electrons. The lowest BCUT2D eigenvalue weighted by molar-refractivity contribution is -0.308. The van der Waals surface area contributed by atoms with Crippen LogP contribution in [0.2, 0.25) is 0 Å². The molecule has 2 atom stereocenters. The van der Waals surface area contributed by atoms with Gasteiger partial charge in [0.25, 0.3) is 0 Å². The number of hydrogen-bond acceptors (Lipinski definition) is 3. The second-order valence-electron chi connectivity index (χ2n) is 4.00. The van der Waals surface area contributed by atoms with Gasteiger partial charge in [0.1, 0.15) is 5.76 Å². The van der Waals surface area contributed by atoms with Gasteiger partial charge < -0.3 is 14.8 Å². The van der Waals surface area contributed by atoms with E-state index < -0.39 is 19.4 Å². The molecule has 2 N–H and O–H groups in total. The lowest BCUT2D eigenvalue weighted by atomic mass is 9.71. The molecule has 0 heterocycles. The molecule has 2 unspecified atom stereocenters. The number of hydrogen-bond donors (Lipinski definition) is 2. The van der Waals surface area contributed by atoms with E-state index in [1.165, 1.54) is 24.3 Å². The van der Waals surface area contributed by atoms with Crippen LogP contribution < -0.4 is 0 Å². The molecule has 2 aliphatic carbocycles. The zero-order valence-electron chi connectivity index (χ0n) is 9.13. The Bertz CT molecular complexity index is 449. The van der Waals surface area contributed by atoms with Crippen LogP contribution in [-0.4, -0.2) is 23.5 Å². The van der Waals surface area contributed by atoms with Crippen LogP contribution in [0.5, 0.6) is 0 Å². The van der Waals surface area contributed by atoms with E-state index >= 15 is 0 Å². The summed E-state index contributed by atoms with van der Waals surface area (Å²) in [5.74, 6) is -1.19. The second-order valence-corrected chi connectivity index (χ2v) is 4.00. The highest BCUT2D eigenvalue weighted by Gasteiger charge is 2.37. The minimum atomic E-state index is -4.76. The highest BCUT2D eigenvalue weighted by Crippen LogP contribution is 2.36. The standard InChI is InChI=1S/C11H10BF3O3/c13-11(14,15)18-10-3-1-2-7-4-5-8(12(16)17)6-9(7)10/h1-7,9,16-17H. The van der Waals surface area contributed by atoms with Crippen molar-refractivity contribution in [3.63, 3.8) is 0 Å². The Morgan fingerprint density at radius 3 is 2.56 bits per heavy atom. The largest absolute Gasteiger partial charge is 0.572 e. The van der Waals surface area contributed by atoms with Crippen molar-refractivity contribution >= 4 is 7.12 Å². The van der Waals surface area contributed by atoms with Gasteiger partial charge in [-0.15, -0.1) is 13.2 Å². The van der Waals surface area contributed by atoms with E-state index in [9.17, 15) is 13.2 Å². The number of alkyl halides is 3. The number of fused-ring (bicyclic) bond motifs is 1. The van der Waals surface area contributed by atoms with Crippen LogP contribution in [0.25, 0.3) is 0 Å². The first kappa shape index (κ1) is 13.0. The minimum absolute atomic E-state index is 0.156. The predicted molar refractivity (Wildman–Crippen MR) is 58.8 cm³/mol. The maximum atomic E-state index is 12.2. The number of halogens is 3. The normalized spacial score (nSPS) is 26.3. The third-order valence-electron chi connectivity index (χ3n) is 2.75. The van der Waals surface area contributed by atoms with Crippen molar-refractivity contribution in [1.82, 2.24) is 0 Å². The van der Waals surface area contributed by atoms with E-state index in [0.717, 1.165) is 0 Å². The maximum absolute atomic E-state index is 12.2. The molecule has 18 heavy (non-hydrogen) atoms. The summed E-state index contributed by atoms with van der Waals surface area (Å²) in [5, 5.41) is 18.0. The molecule has 2 rings (SSSR count). The molecule has 0 aliphatic heterocycles. The Morgan fingerprint density at radius 1 is 1.22 bits per heavy atom. The average molecular weight is 258 g/mol. The topological polar surface area (TPSA) is 49.7 Å². The summed E-state index contributed by atoms with van der Waals surface area (Å²) < 4.78 is 40.6. The Morgan fingerprint density at radius 2 is 1.94 bits per heavy atom. The van der Waals surface area contributed by atoms with Gasteiger partial charge >= 0.3 is 13.5 Å². The summed E-state index contributed by atoms with van der Waals surface area (Å²) in [6.45, 7) is 0. The number of rotatable bonds is 2. The van der Waals surface area contributed by atoms with Crippen LogP contribution in [0.15, 0.2) is 47.7 Å². The molecule has 0 spiro atoms. The highest BCUT2D eigenvalue weighted by molar-refractivity contribution is 6.51. The lowest BCUT2D eigenvalue weighted by Gasteiger charge is -2.28. The van der Waals surface area contributed by atoms with Crippen molar-refractivity contribution in [2.45, 2.75) is 6.36 Å². The zero-order chi connectivity index (χ0) is 13.3. The van der Waals surface area contributed by atoms with Crippen molar-refractivity contribution in [2.75, 3.05) is 0 Å². The molecule has 0 aromatic carbocycles. The summed E-state index contributed by atoms with van der Waals surface area (Å²) in [7, 11) is -1.71.